The lowest BCUT2D eigenvalue weighted by molar-refractivity contribution is -0.193. The standard InChI is InChI=1S/C19H18F3NO3/c20-19(21,22)17-16(18(24)25)9-10-23(17)12-13-5-4-8-15(11-13)26-14-6-2-1-3-7-14/h1-8,11,16-17H,9-10,12H2,(H,24,25). The van der Waals surface area contributed by atoms with E-state index in [2.05, 4.69) is 0 Å². The Balaban J connectivity index is 1.76. The molecule has 26 heavy (non-hydrogen) atoms. The first-order chi connectivity index (χ1) is 12.3. The summed E-state index contributed by atoms with van der Waals surface area (Å²) >= 11 is 0. The van der Waals surface area contributed by atoms with E-state index < -0.39 is 24.1 Å². The summed E-state index contributed by atoms with van der Waals surface area (Å²) in [6, 6.07) is 13.9. The zero-order valence-electron chi connectivity index (χ0n) is 13.8. The van der Waals surface area contributed by atoms with Gasteiger partial charge in [-0.1, -0.05) is 30.3 Å². The van der Waals surface area contributed by atoms with Crippen molar-refractivity contribution in [2.45, 2.75) is 25.2 Å². The second kappa shape index (κ2) is 7.37. The van der Waals surface area contributed by atoms with Gasteiger partial charge in [0.15, 0.2) is 0 Å². The number of halogens is 3. The molecule has 1 fully saturated rings. The van der Waals surface area contributed by atoms with E-state index in [4.69, 9.17) is 9.84 Å². The first-order valence-corrected chi connectivity index (χ1v) is 8.20. The molecule has 0 spiro atoms. The molecule has 0 radical (unpaired) electrons. The molecule has 1 N–H and O–H groups in total. The summed E-state index contributed by atoms with van der Waals surface area (Å²) in [5.74, 6) is -1.69. The van der Waals surface area contributed by atoms with Crippen LogP contribution in [0.4, 0.5) is 13.2 Å². The van der Waals surface area contributed by atoms with Gasteiger partial charge in [-0.2, -0.15) is 13.2 Å². The van der Waals surface area contributed by atoms with Crippen LogP contribution in [-0.2, 0) is 11.3 Å². The lowest BCUT2D eigenvalue weighted by Crippen LogP contribution is -2.46. The Hall–Kier alpha value is -2.54. The highest BCUT2D eigenvalue weighted by Crippen LogP contribution is 2.38. The van der Waals surface area contributed by atoms with Crippen LogP contribution in [0.2, 0.25) is 0 Å². The van der Waals surface area contributed by atoms with Gasteiger partial charge >= 0.3 is 12.1 Å². The molecule has 0 amide bonds. The molecule has 1 aliphatic rings. The number of alkyl halides is 3. The fraction of sp³-hybridized carbons (Fsp3) is 0.316. The molecule has 1 heterocycles. The molecule has 3 rings (SSSR count). The second-order valence-electron chi connectivity index (χ2n) is 6.25. The van der Waals surface area contributed by atoms with Gasteiger partial charge in [-0.25, -0.2) is 0 Å². The van der Waals surface area contributed by atoms with E-state index >= 15 is 0 Å². The van der Waals surface area contributed by atoms with Gasteiger partial charge in [0.05, 0.1) is 5.92 Å². The van der Waals surface area contributed by atoms with Gasteiger partial charge in [0.1, 0.15) is 17.5 Å². The van der Waals surface area contributed by atoms with Crippen molar-refractivity contribution in [2.75, 3.05) is 6.54 Å². The van der Waals surface area contributed by atoms with Gasteiger partial charge in [0, 0.05) is 13.1 Å². The highest BCUT2D eigenvalue weighted by molar-refractivity contribution is 5.71. The van der Waals surface area contributed by atoms with Gasteiger partial charge in [0.25, 0.3) is 0 Å². The number of rotatable bonds is 5. The minimum atomic E-state index is -4.59. The average Bonchev–Trinajstić information content (AvgIpc) is 3.00. The molecule has 2 atom stereocenters. The van der Waals surface area contributed by atoms with E-state index in [0.717, 1.165) is 0 Å². The molecule has 138 valence electrons. The van der Waals surface area contributed by atoms with E-state index in [1.165, 1.54) is 4.90 Å². The number of nitrogens with zero attached hydrogens (tertiary/aromatic N) is 1. The molecular weight excluding hydrogens is 347 g/mol. The number of hydrogen-bond acceptors (Lipinski definition) is 3. The third kappa shape index (κ3) is 4.16. The average molecular weight is 365 g/mol. The molecule has 1 aliphatic heterocycles. The topological polar surface area (TPSA) is 49.8 Å². The summed E-state index contributed by atoms with van der Waals surface area (Å²) in [6.45, 7) is 0.102. The number of aliphatic carboxylic acids is 1. The number of hydrogen-bond donors (Lipinski definition) is 1. The Bertz CT molecular complexity index is 764. The minimum Gasteiger partial charge on any atom is -0.481 e. The first kappa shape index (κ1) is 18.3. The predicted molar refractivity (Wildman–Crippen MR) is 89.0 cm³/mol. The van der Waals surface area contributed by atoms with Crippen molar-refractivity contribution in [2.24, 2.45) is 5.92 Å². The number of ether oxygens (including phenoxy) is 1. The summed E-state index contributed by atoms with van der Waals surface area (Å²) in [4.78, 5) is 12.3. The third-order valence-electron chi connectivity index (χ3n) is 4.42. The Kier molecular flexibility index (Phi) is 5.18. The number of likely N-dealkylation sites (tertiary alicyclic amines) is 1. The van der Waals surface area contributed by atoms with Crippen LogP contribution >= 0.6 is 0 Å². The summed E-state index contributed by atoms with van der Waals surface area (Å²) in [5, 5.41) is 9.09. The Morgan fingerprint density at radius 2 is 1.81 bits per heavy atom. The van der Waals surface area contributed by atoms with E-state index in [-0.39, 0.29) is 19.5 Å². The normalized spacial score (nSPS) is 20.9. The van der Waals surface area contributed by atoms with Gasteiger partial charge in [-0.3, -0.25) is 9.69 Å². The van der Waals surface area contributed by atoms with Crippen LogP contribution in [0.25, 0.3) is 0 Å². The van der Waals surface area contributed by atoms with Crippen molar-refractivity contribution in [3.05, 3.63) is 60.2 Å². The van der Waals surface area contributed by atoms with Crippen LogP contribution in [0.1, 0.15) is 12.0 Å². The quantitative estimate of drug-likeness (QED) is 0.858. The lowest BCUT2D eigenvalue weighted by Gasteiger charge is -2.28. The van der Waals surface area contributed by atoms with Crippen molar-refractivity contribution in [1.29, 1.82) is 0 Å². The van der Waals surface area contributed by atoms with Gasteiger partial charge < -0.3 is 9.84 Å². The summed E-state index contributed by atoms with van der Waals surface area (Å²) < 4.78 is 45.8. The second-order valence-corrected chi connectivity index (χ2v) is 6.25. The zero-order valence-corrected chi connectivity index (χ0v) is 13.8. The Labute approximate surface area is 148 Å². The van der Waals surface area contributed by atoms with E-state index in [1.807, 2.05) is 18.2 Å². The van der Waals surface area contributed by atoms with Crippen LogP contribution in [0.3, 0.4) is 0 Å². The SMILES string of the molecule is O=C(O)C1CCN(Cc2cccc(Oc3ccccc3)c2)C1C(F)(F)F. The zero-order chi connectivity index (χ0) is 18.7. The lowest BCUT2D eigenvalue weighted by atomic mass is 10.00. The molecule has 2 aromatic rings. The van der Waals surface area contributed by atoms with Crippen LogP contribution < -0.4 is 4.74 Å². The van der Waals surface area contributed by atoms with Crippen molar-refractivity contribution < 1.29 is 27.8 Å². The Morgan fingerprint density at radius 3 is 2.46 bits per heavy atom. The monoisotopic (exact) mass is 365 g/mol. The van der Waals surface area contributed by atoms with Crippen molar-refractivity contribution >= 4 is 5.97 Å². The highest BCUT2D eigenvalue weighted by Gasteiger charge is 2.54. The smallest absolute Gasteiger partial charge is 0.404 e. The van der Waals surface area contributed by atoms with E-state index in [1.54, 1.807) is 36.4 Å². The maximum atomic E-state index is 13.4. The molecule has 0 saturated carbocycles. The van der Waals surface area contributed by atoms with Crippen LogP contribution in [0, 0.1) is 5.92 Å². The van der Waals surface area contributed by atoms with Crippen molar-refractivity contribution in [3.63, 3.8) is 0 Å². The summed E-state index contributed by atoms with van der Waals surface area (Å²) in [5.41, 5.74) is 0.638. The van der Waals surface area contributed by atoms with Crippen LogP contribution in [-0.4, -0.2) is 34.7 Å². The maximum absolute atomic E-state index is 13.4. The molecule has 7 heteroatoms. The fourth-order valence-electron chi connectivity index (χ4n) is 3.29. The maximum Gasteiger partial charge on any atom is 0.404 e. The Morgan fingerprint density at radius 1 is 1.12 bits per heavy atom. The molecule has 2 aromatic carbocycles. The number of benzene rings is 2. The van der Waals surface area contributed by atoms with Gasteiger partial charge in [-0.05, 0) is 36.2 Å². The van der Waals surface area contributed by atoms with E-state index in [0.29, 0.717) is 17.1 Å². The van der Waals surface area contributed by atoms with Crippen LogP contribution in [0.15, 0.2) is 54.6 Å². The number of carbonyl (C=O) groups is 1. The predicted octanol–water partition coefficient (Wildman–Crippen LogP) is 4.32. The highest BCUT2D eigenvalue weighted by atomic mass is 19.4. The van der Waals surface area contributed by atoms with E-state index in [9.17, 15) is 18.0 Å². The number of para-hydroxylation sites is 1. The first-order valence-electron chi connectivity index (χ1n) is 8.20. The van der Waals surface area contributed by atoms with Gasteiger partial charge in [0.2, 0.25) is 0 Å². The summed E-state index contributed by atoms with van der Waals surface area (Å²) in [6.07, 6.45) is -4.60. The number of carboxylic acid groups (broad SMARTS) is 1. The summed E-state index contributed by atoms with van der Waals surface area (Å²) in [7, 11) is 0. The molecular formula is C19H18F3NO3. The third-order valence-corrected chi connectivity index (χ3v) is 4.42. The molecule has 0 bridgehead atoms. The van der Waals surface area contributed by atoms with Crippen molar-refractivity contribution in [3.8, 4) is 11.5 Å². The van der Waals surface area contributed by atoms with Crippen molar-refractivity contribution in [1.82, 2.24) is 4.90 Å². The number of carboxylic acids is 1. The fourth-order valence-corrected chi connectivity index (χ4v) is 3.29. The molecule has 4 nitrogen and oxygen atoms in total. The largest absolute Gasteiger partial charge is 0.481 e. The molecule has 2 unspecified atom stereocenters. The molecule has 0 aromatic heterocycles. The molecule has 1 saturated heterocycles. The minimum absolute atomic E-state index is 0.0138. The van der Waals surface area contributed by atoms with Crippen LogP contribution in [0.5, 0.6) is 11.5 Å². The van der Waals surface area contributed by atoms with Gasteiger partial charge in [-0.15, -0.1) is 0 Å². The molecule has 0 aliphatic carbocycles.